The number of ether oxygens (including phenoxy) is 1. The normalized spacial score (nSPS) is 18.6. The second-order valence-corrected chi connectivity index (χ2v) is 5.14. The first-order valence-corrected chi connectivity index (χ1v) is 6.73. The van der Waals surface area contributed by atoms with E-state index in [1.165, 1.54) is 6.07 Å². The molecule has 0 spiro atoms. The summed E-state index contributed by atoms with van der Waals surface area (Å²) < 4.78 is 19.4. The minimum absolute atomic E-state index is 0.171. The first-order chi connectivity index (χ1) is 8.72. The van der Waals surface area contributed by atoms with Gasteiger partial charge in [-0.25, -0.2) is 4.39 Å². The van der Waals surface area contributed by atoms with E-state index in [1.807, 2.05) is 6.07 Å². The molecule has 1 fully saturated rings. The van der Waals surface area contributed by atoms with Gasteiger partial charge in [0, 0.05) is 0 Å². The summed E-state index contributed by atoms with van der Waals surface area (Å²) >= 11 is 3.06. The molecule has 1 atom stereocenters. The van der Waals surface area contributed by atoms with Gasteiger partial charge in [-0.05, 0) is 59.9 Å². The molecule has 0 bridgehead atoms. The molecule has 1 unspecified atom stereocenters. The average Bonchev–Trinajstić information content (AvgIpc) is 2.88. The molecule has 1 aromatic rings. The van der Waals surface area contributed by atoms with Crippen molar-refractivity contribution in [3.8, 4) is 11.8 Å². The molecular weight excluding hydrogens is 299 g/mol. The van der Waals surface area contributed by atoms with Crippen molar-refractivity contribution in [1.29, 1.82) is 5.26 Å². The van der Waals surface area contributed by atoms with Crippen molar-refractivity contribution in [2.45, 2.75) is 12.8 Å². The van der Waals surface area contributed by atoms with Crippen LogP contribution in [-0.2, 0) is 0 Å². The van der Waals surface area contributed by atoms with Crippen molar-refractivity contribution >= 4 is 15.9 Å². The number of benzene rings is 1. The summed E-state index contributed by atoms with van der Waals surface area (Å²) in [6, 6.07) is 4.97. The topological polar surface area (TPSA) is 45.0 Å². The van der Waals surface area contributed by atoms with Gasteiger partial charge >= 0.3 is 0 Å². The standard InChI is InChI=1S/C13H14BrFN2O/c14-12-10(7-16)1-2-11(13(12)15)18-6-4-9-3-5-17-8-9/h1-2,9,17H,3-6,8H2. The number of rotatable bonds is 4. The molecule has 1 N–H and O–H groups in total. The van der Waals surface area contributed by atoms with Crippen LogP contribution in [0.3, 0.4) is 0 Å². The molecule has 1 heterocycles. The quantitative estimate of drug-likeness (QED) is 0.930. The molecule has 1 saturated heterocycles. The van der Waals surface area contributed by atoms with Gasteiger partial charge in [0.15, 0.2) is 11.6 Å². The van der Waals surface area contributed by atoms with E-state index < -0.39 is 5.82 Å². The Hall–Kier alpha value is -1.12. The lowest BCUT2D eigenvalue weighted by Crippen LogP contribution is -2.12. The van der Waals surface area contributed by atoms with Gasteiger partial charge in [0.2, 0.25) is 0 Å². The van der Waals surface area contributed by atoms with Crippen LogP contribution in [-0.4, -0.2) is 19.7 Å². The highest BCUT2D eigenvalue weighted by molar-refractivity contribution is 9.10. The molecule has 18 heavy (non-hydrogen) atoms. The zero-order valence-electron chi connectivity index (χ0n) is 9.88. The average molecular weight is 313 g/mol. The van der Waals surface area contributed by atoms with Gasteiger partial charge in [0.1, 0.15) is 6.07 Å². The highest BCUT2D eigenvalue weighted by atomic mass is 79.9. The van der Waals surface area contributed by atoms with E-state index in [1.54, 1.807) is 6.07 Å². The minimum Gasteiger partial charge on any atom is -0.490 e. The second-order valence-electron chi connectivity index (χ2n) is 4.35. The maximum absolute atomic E-state index is 13.8. The number of halogens is 2. The van der Waals surface area contributed by atoms with Crippen molar-refractivity contribution in [2.24, 2.45) is 5.92 Å². The summed E-state index contributed by atoms with van der Waals surface area (Å²) in [5.41, 5.74) is 0.278. The first-order valence-electron chi connectivity index (χ1n) is 5.94. The highest BCUT2D eigenvalue weighted by Gasteiger charge is 2.16. The van der Waals surface area contributed by atoms with Crippen molar-refractivity contribution in [2.75, 3.05) is 19.7 Å². The Morgan fingerprint density at radius 3 is 3.06 bits per heavy atom. The molecule has 0 aliphatic carbocycles. The van der Waals surface area contributed by atoms with Gasteiger partial charge < -0.3 is 10.1 Å². The minimum atomic E-state index is -0.501. The SMILES string of the molecule is N#Cc1ccc(OCCC2CCNC2)c(F)c1Br. The summed E-state index contributed by atoms with van der Waals surface area (Å²) in [7, 11) is 0. The maximum atomic E-state index is 13.8. The maximum Gasteiger partial charge on any atom is 0.180 e. The van der Waals surface area contributed by atoms with Gasteiger partial charge in [-0.2, -0.15) is 5.26 Å². The summed E-state index contributed by atoms with van der Waals surface area (Å²) in [5.74, 6) is 0.320. The highest BCUT2D eigenvalue weighted by Crippen LogP contribution is 2.28. The molecule has 3 nitrogen and oxygen atoms in total. The Balaban J connectivity index is 1.93. The van der Waals surface area contributed by atoms with Gasteiger partial charge in [-0.3, -0.25) is 0 Å². The number of hydrogen-bond acceptors (Lipinski definition) is 3. The van der Waals surface area contributed by atoms with Crippen molar-refractivity contribution in [1.82, 2.24) is 5.32 Å². The van der Waals surface area contributed by atoms with E-state index in [4.69, 9.17) is 10.00 Å². The Labute approximate surface area is 114 Å². The Kier molecular flexibility index (Phi) is 4.56. The summed E-state index contributed by atoms with van der Waals surface area (Å²) in [4.78, 5) is 0. The van der Waals surface area contributed by atoms with Crippen molar-refractivity contribution in [3.63, 3.8) is 0 Å². The molecule has 1 aliphatic rings. The molecule has 1 aromatic carbocycles. The van der Waals surface area contributed by atoms with Gasteiger partial charge in [0.25, 0.3) is 0 Å². The number of hydrogen-bond donors (Lipinski definition) is 1. The van der Waals surface area contributed by atoms with E-state index in [0.29, 0.717) is 12.5 Å². The van der Waals surface area contributed by atoms with Crippen LogP contribution in [0.25, 0.3) is 0 Å². The third-order valence-corrected chi connectivity index (χ3v) is 3.89. The lowest BCUT2D eigenvalue weighted by molar-refractivity contribution is 0.271. The first kappa shape index (κ1) is 13.3. The molecule has 5 heteroatoms. The smallest absolute Gasteiger partial charge is 0.180 e. The predicted octanol–water partition coefficient (Wildman–Crippen LogP) is 2.84. The van der Waals surface area contributed by atoms with E-state index in [0.717, 1.165) is 25.9 Å². The van der Waals surface area contributed by atoms with Crippen LogP contribution in [0.4, 0.5) is 4.39 Å². The number of nitriles is 1. The van der Waals surface area contributed by atoms with Crippen LogP contribution in [0.15, 0.2) is 16.6 Å². The van der Waals surface area contributed by atoms with Crippen LogP contribution < -0.4 is 10.1 Å². The lowest BCUT2D eigenvalue weighted by Gasteiger charge is -2.11. The third kappa shape index (κ3) is 3.01. The van der Waals surface area contributed by atoms with Gasteiger partial charge in [-0.15, -0.1) is 0 Å². The fraction of sp³-hybridized carbons (Fsp3) is 0.462. The molecule has 0 aromatic heterocycles. The summed E-state index contributed by atoms with van der Waals surface area (Å²) in [5, 5.41) is 12.0. The van der Waals surface area contributed by atoms with Gasteiger partial charge in [-0.1, -0.05) is 0 Å². The third-order valence-electron chi connectivity index (χ3n) is 3.11. The fourth-order valence-corrected chi connectivity index (χ4v) is 2.44. The number of nitrogens with zero attached hydrogens (tertiary/aromatic N) is 1. The molecule has 96 valence electrons. The van der Waals surface area contributed by atoms with E-state index in [-0.39, 0.29) is 15.8 Å². The second kappa shape index (κ2) is 6.17. The molecule has 1 aliphatic heterocycles. The van der Waals surface area contributed by atoms with Crippen LogP contribution >= 0.6 is 15.9 Å². The predicted molar refractivity (Wildman–Crippen MR) is 69.9 cm³/mol. The molecule has 0 amide bonds. The monoisotopic (exact) mass is 312 g/mol. The van der Waals surface area contributed by atoms with Crippen LogP contribution in [0.1, 0.15) is 18.4 Å². The lowest BCUT2D eigenvalue weighted by atomic mass is 10.1. The zero-order chi connectivity index (χ0) is 13.0. The Morgan fingerprint density at radius 1 is 1.56 bits per heavy atom. The van der Waals surface area contributed by atoms with Crippen molar-refractivity contribution in [3.05, 3.63) is 28.0 Å². The molecular formula is C13H14BrFN2O. The van der Waals surface area contributed by atoms with E-state index >= 15 is 0 Å². The summed E-state index contributed by atoms with van der Waals surface area (Å²) in [6.45, 7) is 2.58. The van der Waals surface area contributed by atoms with Gasteiger partial charge in [0.05, 0.1) is 16.6 Å². The van der Waals surface area contributed by atoms with Crippen LogP contribution in [0.2, 0.25) is 0 Å². The molecule has 0 radical (unpaired) electrons. The Morgan fingerprint density at radius 2 is 2.39 bits per heavy atom. The Bertz CT molecular complexity index is 467. The number of nitrogens with one attached hydrogen (secondary N) is 1. The molecule has 2 rings (SSSR count). The van der Waals surface area contributed by atoms with Crippen LogP contribution in [0.5, 0.6) is 5.75 Å². The summed E-state index contributed by atoms with van der Waals surface area (Å²) in [6.07, 6.45) is 2.08. The van der Waals surface area contributed by atoms with E-state index in [2.05, 4.69) is 21.2 Å². The van der Waals surface area contributed by atoms with E-state index in [9.17, 15) is 4.39 Å². The van der Waals surface area contributed by atoms with Crippen molar-refractivity contribution < 1.29 is 9.13 Å². The zero-order valence-corrected chi connectivity index (χ0v) is 11.5. The fourth-order valence-electron chi connectivity index (χ4n) is 2.03. The largest absolute Gasteiger partial charge is 0.490 e. The van der Waals surface area contributed by atoms with Crippen LogP contribution in [0, 0.1) is 23.1 Å². The molecule has 0 saturated carbocycles.